The molecule has 4 rings (SSSR count). The number of anilines is 1. The Hall–Kier alpha value is -2.16. The van der Waals surface area contributed by atoms with Crippen molar-refractivity contribution in [3.8, 4) is 11.3 Å². The van der Waals surface area contributed by atoms with E-state index in [-0.39, 0.29) is 0 Å². The first-order chi connectivity index (χ1) is 13.3. The summed E-state index contributed by atoms with van der Waals surface area (Å²) in [5.41, 5.74) is 9.15. The van der Waals surface area contributed by atoms with Crippen molar-refractivity contribution < 1.29 is 13.5 Å². The van der Waals surface area contributed by atoms with Gasteiger partial charge in [0, 0.05) is 11.1 Å². The molecule has 7 nitrogen and oxygen atoms in total. The Morgan fingerprint density at radius 1 is 1.18 bits per heavy atom. The maximum Gasteiger partial charge on any atom is 0.238 e. The van der Waals surface area contributed by atoms with Crippen LogP contribution < -0.4 is 10.5 Å². The first-order valence-electron chi connectivity index (χ1n) is 9.15. The summed E-state index contributed by atoms with van der Waals surface area (Å²) in [6.07, 6.45) is 1.74. The predicted octanol–water partition coefficient (Wildman–Crippen LogP) is 2.67. The smallest absolute Gasteiger partial charge is 0.238 e. The molecule has 2 unspecified atom stereocenters. The number of aromatic nitrogens is 1. The predicted molar refractivity (Wildman–Crippen MR) is 110 cm³/mol. The lowest BCUT2D eigenvalue weighted by Gasteiger charge is -2.27. The molecule has 1 aliphatic heterocycles. The van der Waals surface area contributed by atoms with Crippen molar-refractivity contribution in [2.75, 3.05) is 4.72 Å². The van der Waals surface area contributed by atoms with E-state index in [2.05, 4.69) is 14.7 Å². The Kier molecular flexibility index (Phi) is 5.03. The van der Waals surface area contributed by atoms with Crippen molar-refractivity contribution >= 4 is 33.1 Å². The maximum absolute atomic E-state index is 12.6. The Morgan fingerprint density at radius 3 is 2.71 bits per heavy atom. The lowest BCUT2D eigenvalue weighted by atomic mass is 9.97. The minimum atomic E-state index is -3.70. The fraction of sp³-hybridized carbons (Fsp3) is 0.368. The Balaban J connectivity index is 1.59. The zero-order valence-corrected chi connectivity index (χ0v) is 16.7. The number of hydrogen-bond acceptors (Lipinski definition) is 6. The molecule has 0 amide bonds. The number of nitrogens with one attached hydrogen (secondary N) is 1. The number of rotatable bonds is 4. The van der Waals surface area contributed by atoms with Crippen LogP contribution in [-0.2, 0) is 16.6 Å². The highest BCUT2D eigenvalue weighted by atomic mass is 35.5. The summed E-state index contributed by atoms with van der Waals surface area (Å²) in [4.78, 5) is 8.71. The van der Waals surface area contributed by atoms with Gasteiger partial charge in [-0.1, -0.05) is 30.5 Å². The number of pyridine rings is 1. The second kappa shape index (κ2) is 7.35. The average molecular weight is 421 g/mol. The molecule has 1 saturated carbocycles. The molecule has 4 N–H and O–H groups in total. The van der Waals surface area contributed by atoms with Crippen molar-refractivity contribution in [1.82, 2.24) is 4.98 Å². The largest absolute Gasteiger partial charge is 0.392 e. The van der Waals surface area contributed by atoms with Gasteiger partial charge in [-0.25, -0.2) is 13.4 Å². The third-order valence-electron chi connectivity index (χ3n) is 5.21. The van der Waals surface area contributed by atoms with Crippen LogP contribution in [0.5, 0.6) is 0 Å². The number of benzene rings is 1. The molecular weight excluding hydrogens is 400 g/mol. The second-order valence-electron chi connectivity index (χ2n) is 7.14. The van der Waals surface area contributed by atoms with E-state index in [1.54, 1.807) is 18.2 Å². The van der Waals surface area contributed by atoms with Gasteiger partial charge in [0.1, 0.15) is 16.8 Å². The van der Waals surface area contributed by atoms with Crippen LogP contribution >= 0.6 is 11.6 Å². The molecular formula is C19H21ClN4O3S. The van der Waals surface area contributed by atoms with E-state index in [0.717, 1.165) is 18.4 Å². The van der Waals surface area contributed by atoms with Crippen LogP contribution in [0, 0.1) is 0 Å². The van der Waals surface area contributed by atoms with Crippen LogP contribution in [-0.4, -0.2) is 35.7 Å². The highest BCUT2D eigenvalue weighted by molar-refractivity contribution is 7.93. The molecule has 28 heavy (non-hydrogen) atoms. The molecule has 1 aromatic heterocycles. The van der Waals surface area contributed by atoms with Crippen LogP contribution in [0.2, 0.25) is 5.02 Å². The molecule has 0 bridgehead atoms. The number of nitrogens with two attached hydrogens (primary N) is 1. The quantitative estimate of drug-likeness (QED) is 0.702. The van der Waals surface area contributed by atoms with Gasteiger partial charge in [0.2, 0.25) is 10.0 Å². The van der Waals surface area contributed by atoms with Crippen LogP contribution in [0.4, 0.5) is 5.69 Å². The number of aliphatic hydroxyl groups excluding tert-OH is 1. The Labute approximate surface area is 168 Å². The van der Waals surface area contributed by atoms with Gasteiger partial charge in [-0.3, -0.25) is 9.71 Å². The number of sulfonamides is 1. The summed E-state index contributed by atoms with van der Waals surface area (Å²) in [5.74, 6) is 0.406. The number of aliphatic hydroxyl groups is 1. The molecule has 9 heteroatoms. The number of hydrogen-bond donors (Lipinski definition) is 3. The third kappa shape index (κ3) is 3.59. The van der Waals surface area contributed by atoms with E-state index in [1.165, 1.54) is 0 Å². The fourth-order valence-electron chi connectivity index (χ4n) is 3.70. The van der Waals surface area contributed by atoms with Gasteiger partial charge >= 0.3 is 0 Å². The van der Waals surface area contributed by atoms with E-state index in [0.29, 0.717) is 52.9 Å². The lowest BCUT2D eigenvalue weighted by Crippen LogP contribution is -2.40. The molecule has 0 radical (unpaired) electrons. The van der Waals surface area contributed by atoms with Gasteiger partial charge in [-0.05, 0) is 37.1 Å². The van der Waals surface area contributed by atoms with Crippen molar-refractivity contribution in [1.29, 1.82) is 0 Å². The summed E-state index contributed by atoms with van der Waals surface area (Å²) in [6, 6.07) is 8.67. The van der Waals surface area contributed by atoms with E-state index in [4.69, 9.17) is 17.3 Å². The fourth-order valence-corrected chi connectivity index (χ4v) is 5.61. The highest BCUT2D eigenvalue weighted by Gasteiger charge is 2.34. The van der Waals surface area contributed by atoms with Gasteiger partial charge in [0.05, 0.1) is 29.1 Å². The zero-order valence-electron chi connectivity index (χ0n) is 15.1. The molecule has 1 aromatic carbocycles. The number of amidine groups is 1. The molecule has 1 aliphatic carbocycles. The highest BCUT2D eigenvalue weighted by Crippen LogP contribution is 2.32. The number of halogens is 1. The zero-order chi connectivity index (χ0) is 19.9. The first-order valence-corrected chi connectivity index (χ1v) is 11.1. The first kappa shape index (κ1) is 19.2. The van der Waals surface area contributed by atoms with Crippen molar-refractivity contribution in [3.05, 3.63) is 46.6 Å². The van der Waals surface area contributed by atoms with Gasteiger partial charge < -0.3 is 10.8 Å². The van der Waals surface area contributed by atoms with Gasteiger partial charge in [-0.15, -0.1) is 0 Å². The Bertz CT molecular complexity index is 1060. The number of nitrogens with zero attached hydrogens (tertiary/aromatic N) is 2. The third-order valence-corrected chi connectivity index (χ3v) is 7.39. The molecule has 2 aliphatic rings. The van der Waals surface area contributed by atoms with Crippen LogP contribution in [0.25, 0.3) is 11.3 Å². The SMILES string of the molecule is NC1=NCc2ccc(-c3ccc(NS(=O)(=O)C4CCCCC4O)cc3Cl)nc21. The molecule has 1 fully saturated rings. The topological polar surface area (TPSA) is 118 Å². The second-order valence-corrected chi connectivity index (χ2v) is 9.44. The number of aliphatic imine (C=N–C) groups is 1. The summed E-state index contributed by atoms with van der Waals surface area (Å²) >= 11 is 6.41. The van der Waals surface area contributed by atoms with E-state index in [9.17, 15) is 13.5 Å². The maximum atomic E-state index is 12.6. The molecule has 2 aromatic rings. The van der Waals surface area contributed by atoms with E-state index in [1.807, 2.05) is 12.1 Å². The molecule has 0 spiro atoms. The van der Waals surface area contributed by atoms with Crippen molar-refractivity contribution in [2.24, 2.45) is 10.7 Å². The van der Waals surface area contributed by atoms with Gasteiger partial charge in [0.25, 0.3) is 0 Å². The summed E-state index contributed by atoms with van der Waals surface area (Å²) in [7, 11) is -3.70. The molecule has 2 heterocycles. The summed E-state index contributed by atoms with van der Waals surface area (Å²) in [5, 5.41) is 9.62. The summed E-state index contributed by atoms with van der Waals surface area (Å²) in [6.45, 7) is 0.524. The van der Waals surface area contributed by atoms with E-state index < -0.39 is 21.4 Å². The molecule has 2 atom stereocenters. The van der Waals surface area contributed by atoms with Crippen LogP contribution in [0.15, 0.2) is 35.3 Å². The van der Waals surface area contributed by atoms with Gasteiger partial charge in [0.15, 0.2) is 0 Å². The molecule has 0 saturated heterocycles. The van der Waals surface area contributed by atoms with Crippen LogP contribution in [0.1, 0.15) is 36.9 Å². The van der Waals surface area contributed by atoms with Crippen molar-refractivity contribution in [2.45, 2.75) is 43.6 Å². The lowest BCUT2D eigenvalue weighted by molar-refractivity contribution is 0.133. The number of fused-ring (bicyclic) bond motifs is 1. The van der Waals surface area contributed by atoms with Crippen LogP contribution in [0.3, 0.4) is 0 Å². The minimum Gasteiger partial charge on any atom is -0.392 e. The standard InChI is InChI=1S/C19H21ClN4O3S/c20-14-9-12(24-28(26,27)17-4-2-1-3-16(17)25)6-7-13(14)15-8-5-11-10-22-19(21)18(11)23-15/h5-9,16-17,24-25H,1-4,10H2,(H2,21,22). The monoisotopic (exact) mass is 420 g/mol. The van der Waals surface area contributed by atoms with E-state index >= 15 is 0 Å². The van der Waals surface area contributed by atoms with Gasteiger partial charge in [-0.2, -0.15) is 0 Å². The van der Waals surface area contributed by atoms with Crippen molar-refractivity contribution in [3.63, 3.8) is 0 Å². The Morgan fingerprint density at radius 2 is 1.96 bits per heavy atom. The minimum absolute atomic E-state index is 0.355. The average Bonchev–Trinajstić information content (AvgIpc) is 3.02. The summed E-state index contributed by atoms with van der Waals surface area (Å²) < 4.78 is 27.8. The normalized spacial score (nSPS) is 21.9. The molecule has 148 valence electrons.